The van der Waals surface area contributed by atoms with E-state index in [1.54, 1.807) is 16.6 Å². The lowest BCUT2D eigenvalue weighted by molar-refractivity contribution is 0.931. The maximum absolute atomic E-state index is 6.20. The first kappa shape index (κ1) is 11.4. The molecule has 0 aliphatic heterocycles. The van der Waals surface area contributed by atoms with Crippen molar-refractivity contribution in [3.05, 3.63) is 46.5 Å². The normalized spacial score (nSPS) is 11.1. The molecule has 0 fully saturated rings. The van der Waals surface area contributed by atoms with E-state index in [9.17, 15) is 0 Å². The third-order valence-corrected chi connectivity index (χ3v) is 3.33. The minimum atomic E-state index is 0.555. The van der Waals surface area contributed by atoms with Crippen LogP contribution >= 0.6 is 23.2 Å². The Morgan fingerprint density at radius 2 is 1.89 bits per heavy atom. The van der Waals surface area contributed by atoms with Crippen molar-refractivity contribution >= 4 is 29.0 Å². The fourth-order valence-corrected chi connectivity index (χ4v) is 2.44. The average Bonchev–Trinajstić information content (AvgIpc) is 2.76. The minimum absolute atomic E-state index is 0.555. The number of nitrogens with zero attached hydrogens (tertiary/aromatic N) is 4. The quantitative estimate of drug-likeness (QED) is 0.685. The van der Waals surface area contributed by atoms with Crippen LogP contribution < -0.4 is 0 Å². The monoisotopic (exact) mass is 278 g/mol. The van der Waals surface area contributed by atoms with E-state index < -0.39 is 0 Å². The van der Waals surface area contributed by atoms with E-state index in [1.165, 1.54) is 6.33 Å². The molecule has 0 N–H and O–H groups in total. The summed E-state index contributed by atoms with van der Waals surface area (Å²) < 4.78 is 1.60. The Bertz CT molecular complexity index is 716. The SMILES string of the molecule is Cc1nc2ncnn2cc1-c1c(Cl)cccc1Cl. The van der Waals surface area contributed by atoms with Crippen molar-refractivity contribution in [1.82, 2.24) is 19.6 Å². The molecular formula is C12H8Cl2N4. The van der Waals surface area contributed by atoms with Gasteiger partial charge in [0.25, 0.3) is 5.78 Å². The summed E-state index contributed by atoms with van der Waals surface area (Å²) in [6.07, 6.45) is 3.29. The average molecular weight is 279 g/mol. The second-order valence-electron chi connectivity index (χ2n) is 3.84. The molecule has 1 aromatic carbocycles. The smallest absolute Gasteiger partial charge is 0.216 e. The molecule has 2 heterocycles. The van der Waals surface area contributed by atoms with Gasteiger partial charge >= 0.3 is 0 Å². The molecule has 0 aliphatic rings. The summed E-state index contributed by atoms with van der Waals surface area (Å²) in [7, 11) is 0. The molecule has 6 heteroatoms. The first-order chi connectivity index (χ1) is 8.66. The van der Waals surface area contributed by atoms with Gasteiger partial charge in [-0.1, -0.05) is 29.3 Å². The van der Waals surface area contributed by atoms with Crippen LogP contribution in [-0.4, -0.2) is 19.6 Å². The van der Waals surface area contributed by atoms with Crippen molar-refractivity contribution in [2.24, 2.45) is 0 Å². The maximum atomic E-state index is 6.20. The van der Waals surface area contributed by atoms with Crippen molar-refractivity contribution in [2.75, 3.05) is 0 Å². The van der Waals surface area contributed by atoms with Crippen LogP contribution in [-0.2, 0) is 0 Å². The molecule has 3 rings (SSSR count). The predicted octanol–water partition coefficient (Wildman–Crippen LogP) is 3.41. The van der Waals surface area contributed by atoms with Crippen LogP contribution in [0, 0.1) is 6.92 Å². The van der Waals surface area contributed by atoms with Crippen LogP contribution in [0.25, 0.3) is 16.9 Å². The second-order valence-corrected chi connectivity index (χ2v) is 4.66. The number of benzene rings is 1. The molecule has 0 spiro atoms. The van der Waals surface area contributed by atoms with Crippen molar-refractivity contribution in [3.63, 3.8) is 0 Å². The zero-order chi connectivity index (χ0) is 12.7. The summed E-state index contributed by atoms with van der Waals surface area (Å²) in [6, 6.07) is 5.41. The molecular weight excluding hydrogens is 271 g/mol. The summed E-state index contributed by atoms with van der Waals surface area (Å²) in [5, 5.41) is 5.24. The van der Waals surface area contributed by atoms with Crippen molar-refractivity contribution in [3.8, 4) is 11.1 Å². The van der Waals surface area contributed by atoms with Crippen molar-refractivity contribution < 1.29 is 0 Å². The third-order valence-electron chi connectivity index (χ3n) is 2.70. The zero-order valence-corrected chi connectivity index (χ0v) is 10.9. The number of rotatable bonds is 1. The summed E-state index contributed by atoms with van der Waals surface area (Å²) >= 11 is 12.4. The Morgan fingerprint density at radius 1 is 1.17 bits per heavy atom. The van der Waals surface area contributed by atoms with E-state index in [1.807, 2.05) is 19.2 Å². The molecule has 0 saturated heterocycles. The molecule has 0 unspecified atom stereocenters. The van der Waals surface area contributed by atoms with Gasteiger partial charge in [-0.2, -0.15) is 10.1 Å². The number of hydrogen-bond acceptors (Lipinski definition) is 3. The lowest BCUT2D eigenvalue weighted by atomic mass is 10.1. The lowest BCUT2D eigenvalue weighted by Gasteiger charge is -2.09. The minimum Gasteiger partial charge on any atom is -0.216 e. The van der Waals surface area contributed by atoms with E-state index in [4.69, 9.17) is 23.2 Å². The summed E-state index contributed by atoms with van der Waals surface area (Å²) in [5.41, 5.74) is 2.43. The molecule has 3 aromatic rings. The first-order valence-electron chi connectivity index (χ1n) is 5.28. The molecule has 0 aliphatic carbocycles. The van der Waals surface area contributed by atoms with Gasteiger partial charge in [0.1, 0.15) is 6.33 Å². The molecule has 18 heavy (non-hydrogen) atoms. The van der Waals surface area contributed by atoms with Gasteiger partial charge in [-0.25, -0.2) is 9.50 Å². The largest absolute Gasteiger partial charge is 0.252 e. The summed E-state index contributed by atoms with van der Waals surface area (Å²) in [5.74, 6) is 0.555. The highest BCUT2D eigenvalue weighted by Crippen LogP contribution is 2.35. The molecule has 0 amide bonds. The molecule has 90 valence electrons. The highest BCUT2D eigenvalue weighted by Gasteiger charge is 2.13. The Kier molecular flexibility index (Phi) is 2.69. The Labute approximate surface area is 113 Å². The fourth-order valence-electron chi connectivity index (χ4n) is 1.84. The van der Waals surface area contributed by atoms with Gasteiger partial charge in [-0.15, -0.1) is 0 Å². The molecule has 2 aromatic heterocycles. The van der Waals surface area contributed by atoms with Crippen LogP contribution in [0.15, 0.2) is 30.7 Å². The highest BCUT2D eigenvalue weighted by atomic mass is 35.5. The topological polar surface area (TPSA) is 43.1 Å². The summed E-state index contributed by atoms with van der Waals surface area (Å²) in [4.78, 5) is 8.40. The third kappa shape index (κ3) is 1.74. The molecule has 0 bridgehead atoms. The Morgan fingerprint density at radius 3 is 2.61 bits per heavy atom. The van der Waals surface area contributed by atoms with Gasteiger partial charge in [0.15, 0.2) is 0 Å². The Hall–Kier alpha value is -1.65. The fraction of sp³-hybridized carbons (Fsp3) is 0.0833. The van der Waals surface area contributed by atoms with Gasteiger partial charge in [-0.05, 0) is 19.1 Å². The number of hydrogen-bond donors (Lipinski definition) is 0. The molecule has 4 nitrogen and oxygen atoms in total. The highest BCUT2D eigenvalue weighted by molar-refractivity contribution is 6.39. The number of halogens is 2. The number of aryl methyl sites for hydroxylation is 1. The summed E-state index contributed by atoms with van der Waals surface area (Å²) in [6.45, 7) is 1.89. The van der Waals surface area contributed by atoms with Crippen LogP contribution in [0.4, 0.5) is 0 Å². The van der Waals surface area contributed by atoms with Gasteiger partial charge in [-0.3, -0.25) is 0 Å². The number of fused-ring (bicyclic) bond motifs is 1. The van der Waals surface area contributed by atoms with E-state index in [0.717, 1.165) is 16.8 Å². The number of aromatic nitrogens is 4. The lowest BCUT2D eigenvalue weighted by Crippen LogP contribution is -1.97. The van der Waals surface area contributed by atoms with Gasteiger partial charge in [0.05, 0.1) is 15.7 Å². The predicted molar refractivity (Wildman–Crippen MR) is 71.0 cm³/mol. The van der Waals surface area contributed by atoms with E-state index in [-0.39, 0.29) is 0 Å². The Balaban J connectivity index is 2.34. The van der Waals surface area contributed by atoms with E-state index >= 15 is 0 Å². The standard InChI is InChI=1S/C12H8Cl2N4/c1-7-8(5-18-12(17-7)15-6-16-18)11-9(13)3-2-4-10(11)14/h2-6H,1H3. The molecule has 0 atom stereocenters. The maximum Gasteiger partial charge on any atom is 0.252 e. The van der Waals surface area contributed by atoms with Gasteiger partial charge < -0.3 is 0 Å². The van der Waals surface area contributed by atoms with Crippen LogP contribution in [0.5, 0.6) is 0 Å². The van der Waals surface area contributed by atoms with Gasteiger partial charge in [0, 0.05) is 17.3 Å². The first-order valence-corrected chi connectivity index (χ1v) is 6.04. The van der Waals surface area contributed by atoms with Crippen LogP contribution in [0.2, 0.25) is 10.0 Å². The zero-order valence-electron chi connectivity index (χ0n) is 9.43. The second kappa shape index (κ2) is 4.23. The van der Waals surface area contributed by atoms with E-state index in [2.05, 4.69) is 15.1 Å². The van der Waals surface area contributed by atoms with Crippen molar-refractivity contribution in [1.29, 1.82) is 0 Å². The molecule has 0 saturated carbocycles. The van der Waals surface area contributed by atoms with Gasteiger partial charge in [0.2, 0.25) is 0 Å². The van der Waals surface area contributed by atoms with E-state index in [0.29, 0.717) is 15.8 Å². The van der Waals surface area contributed by atoms with Crippen molar-refractivity contribution in [2.45, 2.75) is 6.92 Å². The van der Waals surface area contributed by atoms with Crippen LogP contribution in [0.1, 0.15) is 5.69 Å². The van der Waals surface area contributed by atoms with Crippen LogP contribution in [0.3, 0.4) is 0 Å². The molecule has 0 radical (unpaired) electrons.